The van der Waals surface area contributed by atoms with E-state index in [0.29, 0.717) is 23.3 Å². The standard InChI is InChI=1S/C19H19N5O5.C12H16N6O4/c20-17-14-18(22-9-21-17)24(19-16(28)15(27)12(8-25)29-19)13(23-14)7-6-11(26)10-4-2-1-3-5-10;1-2-14-11(21)8-6(19)7(20)12(22-8)18-4-17-5-9(13)15-3-16-10(5)18/h1-7,9,12,15-16,19,25,27-28H,8H2,(H2,20,21,22);3-4,6-8,12,19-20H,2H2,1H3,(H,14,21)(H2,13,15,16)/b7-6+;/t12-,15-,16-,19-;6-,7+,8-,12+/m10/s1. The third kappa shape index (κ3) is 6.71. The lowest BCUT2D eigenvalue weighted by Gasteiger charge is -2.18. The van der Waals surface area contributed by atoms with Crippen LogP contribution in [0.2, 0.25) is 0 Å². The van der Waals surface area contributed by atoms with Gasteiger partial charge in [-0.3, -0.25) is 18.7 Å². The molecule has 20 nitrogen and oxygen atoms in total. The number of likely N-dealkylation sites (N-methyl/N-ethyl adjacent to an activating group) is 1. The van der Waals surface area contributed by atoms with Gasteiger partial charge in [-0.05, 0) is 19.1 Å². The zero-order chi connectivity index (χ0) is 36.4. The molecule has 2 aliphatic rings. The molecular formula is C31H35N11O9. The summed E-state index contributed by atoms with van der Waals surface area (Å²) in [5.41, 5.74) is 13.3. The highest BCUT2D eigenvalue weighted by Gasteiger charge is 2.48. The van der Waals surface area contributed by atoms with Crippen molar-refractivity contribution < 1.29 is 44.6 Å². The molecule has 2 saturated heterocycles. The molecule has 0 bridgehead atoms. The second kappa shape index (κ2) is 14.8. The molecule has 0 unspecified atom stereocenters. The van der Waals surface area contributed by atoms with Crippen LogP contribution in [-0.2, 0) is 14.3 Å². The Hall–Kier alpha value is -5.48. The number of amides is 1. The van der Waals surface area contributed by atoms with Crippen molar-refractivity contribution in [2.75, 3.05) is 24.6 Å². The van der Waals surface area contributed by atoms with Crippen LogP contribution in [0.15, 0.2) is 55.4 Å². The molecule has 1 aromatic carbocycles. The summed E-state index contributed by atoms with van der Waals surface area (Å²) < 4.78 is 14.0. The van der Waals surface area contributed by atoms with Gasteiger partial charge in [0, 0.05) is 12.1 Å². The van der Waals surface area contributed by atoms with Gasteiger partial charge in [-0.15, -0.1) is 0 Å². The van der Waals surface area contributed by atoms with Gasteiger partial charge in [0.2, 0.25) is 0 Å². The fourth-order valence-electron chi connectivity index (χ4n) is 5.69. The van der Waals surface area contributed by atoms with Gasteiger partial charge in [0.15, 0.2) is 52.8 Å². The number of nitrogens with one attached hydrogen (secondary N) is 1. The molecule has 0 radical (unpaired) electrons. The second-order valence-corrected chi connectivity index (χ2v) is 11.5. The predicted octanol–water partition coefficient (Wildman–Crippen LogP) is -1.92. The van der Waals surface area contributed by atoms with Crippen LogP contribution in [0.5, 0.6) is 0 Å². The maximum Gasteiger partial charge on any atom is 0.252 e. The number of hydrogen-bond acceptors (Lipinski definition) is 17. The quantitative estimate of drug-likeness (QED) is 0.0644. The molecule has 2 fully saturated rings. The van der Waals surface area contributed by atoms with Gasteiger partial charge in [0.05, 0.1) is 12.9 Å². The van der Waals surface area contributed by atoms with E-state index in [-0.39, 0.29) is 34.4 Å². The molecule has 51 heavy (non-hydrogen) atoms. The Kier molecular flexibility index (Phi) is 10.2. The van der Waals surface area contributed by atoms with Crippen molar-refractivity contribution in [1.29, 1.82) is 0 Å². The van der Waals surface area contributed by atoms with Crippen LogP contribution in [-0.4, -0.2) is 126 Å². The SMILES string of the molecule is CCNC(=O)[C@H]1O[C@@H](n2cnc3c(N)ncnc32)[C@H](O)[C@@H]1O.Nc1ncnc2c1nc(/C=C/C(=O)c1ccccc1)n2[C@@H]1O[C@H](CO)[C@@H](O)[C@H]1O. The van der Waals surface area contributed by atoms with E-state index in [9.17, 15) is 35.1 Å². The van der Waals surface area contributed by atoms with E-state index in [4.69, 9.17) is 20.9 Å². The van der Waals surface area contributed by atoms with Crippen LogP contribution in [0.4, 0.5) is 11.6 Å². The first kappa shape index (κ1) is 35.3. The Labute approximate surface area is 288 Å². The summed E-state index contributed by atoms with van der Waals surface area (Å²) in [6.07, 6.45) is -2.90. The minimum absolute atomic E-state index is 0.115. The summed E-state index contributed by atoms with van der Waals surface area (Å²) >= 11 is 0. The van der Waals surface area contributed by atoms with E-state index in [1.54, 1.807) is 31.2 Å². The molecule has 4 aromatic heterocycles. The van der Waals surface area contributed by atoms with Crippen molar-refractivity contribution >= 4 is 51.7 Å². The van der Waals surface area contributed by atoms with Gasteiger partial charge < -0.3 is 51.8 Å². The lowest BCUT2D eigenvalue weighted by Crippen LogP contribution is -2.42. The maximum absolute atomic E-state index is 12.4. The van der Waals surface area contributed by atoms with Gasteiger partial charge in [-0.25, -0.2) is 29.9 Å². The minimum atomic E-state index is -1.35. The van der Waals surface area contributed by atoms with Crippen LogP contribution >= 0.6 is 0 Å². The number of hydrogen-bond donors (Lipinski definition) is 8. The van der Waals surface area contributed by atoms with Crippen molar-refractivity contribution in [1.82, 2.24) is 44.4 Å². The number of aliphatic hydroxyl groups excluding tert-OH is 5. The molecule has 1 amide bonds. The largest absolute Gasteiger partial charge is 0.394 e. The zero-order valence-corrected chi connectivity index (χ0v) is 26.9. The lowest BCUT2D eigenvalue weighted by atomic mass is 10.1. The van der Waals surface area contributed by atoms with E-state index in [0.717, 1.165) is 0 Å². The number of aromatic nitrogens is 8. The molecule has 7 rings (SSSR count). The van der Waals surface area contributed by atoms with Gasteiger partial charge >= 0.3 is 0 Å². The van der Waals surface area contributed by atoms with Crippen LogP contribution < -0.4 is 16.8 Å². The molecule has 5 aromatic rings. The highest BCUT2D eigenvalue weighted by atomic mass is 16.6. The number of carbonyl (C=O) groups excluding carboxylic acids is 2. The molecule has 10 N–H and O–H groups in total. The summed E-state index contributed by atoms with van der Waals surface area (Å²) in [6.45, 7) is 1.66. The fraction of sp³-hybridized carbons (Fsp3) is 0.355. The molecule has 0 saturated carbocycles. The number of benzene rings is 1. The number of rotatable bonds is 8. The molecule has 0 spiro atoms. The maximum atomic E-state index is 12.4. The van der Waals surface area contributed by atoms with Crippen LogP contribution in [0.1, 0.15) is 35.6 Å². The number of nitrogen functional groups attached to an aromatic ring is 2. The first-order valence-corrected chi connectivity index (χ1v) is 15.7. The van der Waals surface area contributed by atoms with Crippen molar-refractivity contribution in [3.63, 3.8) is 0 Å². The number of ether oxygens (including phenoxy) is 2. The van der Waals surface area contributed by atoms with E-state index >= 15 is 0 Å². The Morgan fingerprint density at radius 3 is 2.20 bits per heavy atom. The molecule has 268 valence electrons. The normalized spacial score (nSPS) is 26.1. The summed E-state index contributed by atoms with van der Waals surface area (Å²) in [5, 5.41) is 52.7. The van der Waals surface area contributed by atoms with Crippen molar-refractivity contribution in [3.8, 4) is 0 Å². The molecule has 0 aliphatic carbocycles. The number of carbonyl (C=O) groups is 2. The second-order valence-electron chi connectivity index (χ2n) is 11.5. The monoisotopic (exact) mass is 705 g/mol. The number of nitrogens with zero attached hydrogens (tertiary/aromatic N) is 8. The third-order valence-corrected chi connectivity index (χ3v) is 8.26. The zero-order valence-electron chi connectivity index (χ0n) is 26.9. The van der Waals surface area contributed by atoms with Gasteiger partial charge in [-0.2, -0.15) is 0 Å². The minimum Gasteiger partial charge on any atom is -0.394 e. The Morgan fingerprint density at radius 2 is 1.53 bits per heavy atom. The number of nitrogens with two attached hydrogens (primary N) is 2. The molecule has 6 heterocycles. The number of imidazole rings is 2. The van der Waals surface area contributed by atoms with Crippen molar-refractivity contribution in [2.45, 2.75) is 56.0 Å². The van der Waals surface area contributed by atoms with Crippen molar-refractivity contribution in [3.05, 3.63) is 66.8 Å². The smallest absolute Gasteiger partial charge is 0.252 e. The number of anilines is 2. The van der Waals surface area contributed by atoms with Crippen LogP contribution in [0.3, 0.4) is 0 Å². The van der Waals surface area contributed by atoms with Gasteiger partial charge in [0.25, 0.3) is 5.91 Å². The van der Waals surface area contributed by atoms with E-state index in [2.05, 4.69) is 35.2 Å². The predicted molar refractivity (Wildman–Crippen MR) is 177 cm³/mol. The van der Waals surface area contributed by atoms with E-state index in [1.807, 2.05) is 6.07 Å². The number of fused-ring (bicyclic) bond motifs is 2. The number of aliphatic hydroxyl groups is 5. The van der Waals surface area contributed by atoms with Crippen molar-refractivity contribution in [2.24, 2.45) is 0 Å². The number of allylic oxidation sites excluding steroid dienone is 1. The Bertz CT molecular complexity index is 2060. The topological polar surface area (TPSA) is 305 Å². The highest BCUT2D eigenvalue weighted by molar-refractivity contribution is 6.06. The lowest BCUT2D eigenvalue weighted by molar-refractivity contribution is -0.137. The summed E-state index contributed by atoms with van der Waals surface area (Å²) in [7, 11) is 0. The Morgan fingerprint density at radius 1 is 0.863 bits per heavy atom. The molecule has 20 heteroatoms. The van der Waals surface area contributed by atoms with Gasteiger partial charge in [0.1, 0.15) is 54.5 Å². The van der Waals surface area contributed by atoms with E-state index < -0.39 is 61.6 Å². The van der Waals surface area contributed by atoms with Crippen LogP contribution in [0.25, 0.3) is 28.4 Å². The third-order valence-electron chi connectivity index (χ3n) is 8.26. The summed E-state index contributed by atoms with van der Waals surface area (Å²) in [4.78, 5) is 48.6. The Balaban J connectivity index is 0.000000183. The molecule has 2 aliphatic heterocycles. The first-order chi connectivity index (χ1) is 24.5. The van der Waals surface area contributed by atoms with E-state index in [1.165, 1.54) is 40.3 Å². The number of ketones is 1. The molecule has 8 atom stereocenters. The average Bonchev–Trinajstić information content (AvgIpc) is 3.88. The van der Waals surface area contributed by atoms with Crippen LogP contribution in [0, 0.1) is 0 Å². The highest BCUT2D eigenvalue weighted by Crippen LogP contribution is 2.34. The summed E-state index contributed by atoms with van der Waals surface area (Å²) in [6, 6.07) is 8.69. The fourth-order valence-corrected chi connectivity index (χ4v) is 5.69. The average molecular weight is 706 g/mol. The van der Waals surface area contributed by atoms with Gasteiger partial charge in [-0.1, -0.05) is 30.3 Å². The first-order valence-electron chi connectivity index (χ1n) is 15.7. The summed E-state index contributed by atoms with van der Waals surface area (Å²) in [5.74, 6) is -0.201. The molecular weight excluding hydrogens is 670 g/mol.